The first kappa shape index (κ1) is 16.4. The summed E-state index contributed by atoms with van der Waals surface area (Å²) < 4.78 is 23.9. The molecule has 22 heavy (non-hydrogen) atoms. The summed E-state index contributed by atoms with van der Waals surface area (Å²) >= 11 is 5.30. The third-order valence-corrected chi connectivity index (χ3v) is 3.56. The van der Waals surface area contributed by atoms with E-state index in [1.54, 1.807) is 0 Å². The zero-order valence-corrected chi connectivity index (χ0v) is 12.8. The highest BCUT2D eigenvalue weighted by molar-refractivity contribution is 7.81. The van der Waals surface area contributed by atoms with Crippen molar-refractivity contribution in [3.63, 3.8) is 0 Å². The SMILES string of the molecule is COCCOc1cc(F)ccc1C1=C(C(=O)O)NCCC1=S. The van der Waals surface area contributed by atoms with Gasteiger partial charge in [-0.3, -0.25) is 0 Å². The van der Waals surface area contributed by atoms with Crippen LogP contribution in [0.4, 0.5) is 4.39 Å². The van der Waals surface area contributed by atoms with Crippen LogP contribution in [0.15, 0.2) is 23.9 Å². The van der Waals surface area contributed by atoms with Crippen LogP contribution in [0.1, 0.15) is 12.0 Å². The number of nitrogens with one attached hydrogen (secondary N) is 1. The van der Waals surface area contributed by atoms with Crippen LogP contribution >= 0.6 is 12.2 Å². The standard InChI is InChI=1S/C15H16FNO4S/c1-20-6-7-21-11-8-9(16)2-3-10(11)13-12(22)4-5-17-14(13)15(18)19/h2-3,8,17H,4-7H2,1H3,(H,18,19). The Morgan fingerprint density at radius 1 is 1.45 bits per heavy atom. The summed E-state index contributed by atoms with van der Waals surface area (Å²) in [5.41, 5.74) is 0.854. The highest BCUT2D eigenvalue weighted by Crippen LogP contribution is 2.32. The summed E-state index contributed by atoms with van der Waals surface area (Å²) in [6.07, 6.45) is 0.538. The molecule has 0 atom stereocenters. The van der Waals surface area contributed by atoms with Crippen molar-refractivity contribution in [1.82, 2.24) is 5.32 Å². The van der Waals surface area contributed by atoms with E-state index in [1.807, 2.05) is 0 Å². The minimum atomic E-state index is -1.11. The van der Waals surface area contributed by atoms with Gasteiger partial charge < -0.3 is 19.9 Å². The van der Waals surface area contributed by atoms with Crippen LogP contribution in [-0.4, -0.2) is 42.8 Å². The van der Waals surface area contributed by atoms with Gasteiger partial charge in [-0.1, -0.05) is 12.2 Å². The molecule has 0 aliphatic carbocycles. The number of hydrogen-bond acceptors (Lipinski definition) is 5. The first-order valence-corrected chi connectivity index (χ1v) is 7.11. The monoisotopic (exact) mass is 325 g/mol. The lowest BCUT2D eigenvalue weighted by Crippen LogP contribution is -2.31. The molecule has 1 aromatic rings. The van der Waals surface area contributed by atoms with Crippen molar-refractivity contribution >= 4 is 28.6 Å². The summed E-state index contributed by atoms with van der Waals surface area (Å²) in [4.78, 5) is 11.9. The topological polar surface area (TPSA) is 67.8 Å². The molecule has 0 fully saturated rings. The van der Waals surface area contributed by atoms with Crippen LogP contribution < -0.4 is 10.1 Å². The van der Waals surface area contributed by atoms with Gasteiger partial charge in [0.15, 0.2) is 0 Å². The Hall–Kier alpha value is -1.99. The Labute approximate surface area is 132 Å². The third-order valence-electron chi connectivity index (χ3n) is 3.15. The van der Waals surface area contributed by atoms with Gasteiger partial charge in [0.05, 0.1) is 6.61 Å². The number of benzene rings is 1. The Balaban J connectivity index is 2.49. The summed E-state index contributed by atoms with van der Waals surface area (Å²) in [5.74, 6) is -1.33. The second kappa shape index (κ2) is 7.33. The molecule has 2 rings (SSSR count). The molecule has 5 nitrogen and oxygen atoms in total. The molecule has 0 aromatic heterocycles. The highest BCUT2D eigenvalue weighted by atomic mass is 32.1. The van der Waals surface area contributed by atoms with E-state index in [0.717, 1.165) is 0 Å². The van der Waals surface area contributed by atoms with Gasteiger partial charge in [0.25, 0.3) is 0 Å². The molecule has 0 spiro atoms. The van der Waals surface area contributed by atoms with Gasteiger partial charge in [-0.15, -0.1) is 0 Å². The predicted molar refractivity (Wildman–Crippen MR) is 83.5 cm³/mol. The summed E-state index contributed by atoms with van der Waals surface area (Å²) in [7, 11) is 1.53. The summed E-state index contributed by atoms with van der Waals surface area (Å²) in [5, 5.41) is 12.2. The minimum absolute atomic E-state index is 0.0134. The molecule has 1 aliphatic rings. The summed E-state index contributed by atoms with van der Waals surface area (Å²) in [6, 6.07) is 3.95. The average molecular weight is 325 g/mol. The summed E-state index contributed by atoms with van der Waals surface area (Å²) in [6.45, 7) is 1.03. The maximum atomic E-state index is 13.5. The molecule has 7 heteroatoms. The van der Waals surface area contributed by atoms with E-state index in [2.05, 4.69) is 5.32 Å². The molecule has 0 unspecified atom stereocenters. The number of ether oxygens (including phenoxy) is 2. The number of hydrogen-bond donors (Lipinski definition) is 2. The number of methoxy groups -OCH3 is 1. The van der Waals surface area contributed by atoms with E-state index in [-0.39, 0.29) is 18.1 Å². The van der Waals surface area contributed by atoms with Gasteiger partial charge in [-0.25, -0.2) is 9.18 Å². The molecule has 0 saturated heterocycles. The fraction of sp³-hybridized carbons (Fsp3) is 0.333. The van der Waals surface area contributed by atoms with Crippen LogP contribution in [0.3, 0.4) is 0 Å². The number of carboxylic acids is 1. The first-order chi connectivity index (χ1) is 10.5. The van der Waals surface area contributed by atoms with Crippen molar-refractivity contribution < 1.29 is 23.8 Å². The molecule has 0 saturated carbocycles. The molecular weight excluding hydrogens is 309 g/mol. The number of allylic oxidation sites excluding steroid dienone is 1. The van der Waals surface area contributed by atoms with Gasteiger partial charge in [-0.05, 0) is 12.1 Å². The predicted octanol–water partition coefficient (Wildman–Crippen LogP) is 2.01. The van der Waals surface area contributed by atoms with Crippen LogP contribution in [0.2, 0.25) is 0 Å². The lowest BCUT2D eigenvalue weighted by Gasteiger charge is -2.22. The van der Waals surface area contributed by atoms with Gasteiger partial charge in [0.2, 0.25) is 0 Å². The van der Waals surface area contributed by atoms with Crippen molar-refractivity contribution in [3.8, 4) is 5.75 Å². The maximum absolute atomic E-state index is 13.5. The largest absolute Gasteiger partial charge is 0.490 e. The molecule has 118 valence electrons. The second-order valence-corrected chi connectivity index (χ2v) is 5.13. The smallest absolute Gasteiger partial charge is 0.352 e. The third kappa shape index (κ3) is 3.61. The minimum Gasteiger partial charge on any atom is -0.490 e. The number of thiocarbonyl (C=S) groups is 1. The van der Waals surface area contributed by atoms with E-state index in [4.69, 9.17) is 21.7 Å². The number of aliphatic carboxylic acids is 1. The van der Waals surface area contributed by atoms with Crippen LogP contribution in [0, 0.1) is 5.82 Å². The van der Waals surface area contributed by atoms with E-state index in [0.29, 0.717) is 35.6 Å². The molecule has 1 heterocycles. The van der Waals surface area contributed by atoms with Crippen molar-refractivity contribution in [2.45, 2.75) is 6.42 Å². The van der Waals surface area contributed by atoms with E-state index >= 15 is 0 Å². The molecule has 0 amide bonds. The van der Waals surface area contributed by atoms with Crippen molar-refractivity contribution in [1.29, 1.82) is 0 Å². The molecule has 0 bridgehead atoms. The fourth-order valence-electron chi connectivity index (χ4n) is 2.18. The van der Waals surface area contributed by atoms with Crippen LogP contribution in [0.5, 0.6) is 5.75 Å². The molecular formula is C15H16FNO4S. The second-order valence-electron chi connectivity index (χ2n) is 4.64. The van der Waals surface area contributed by atoms with Crippen molar-refractivity contribution in [3.05, 3.63) is 35.3 Å². The number of rotatable bonds is 6. The molecule has 1 aliphatic heterocycles. The van der Waals surface area contributed by atoms with Gasteiger partial charge in [0, 0.05) is 42.1 Å². The van der Waals surface area contributed by atoms with Gasteiger partial charge >= 0.3 is 5.97 Å². The van der Waals surface area contributed by atoms with E-state index < -0.39 is 11.8 Å². The zero-order chi connectivity index (χ0) is 16.1. The lowest BCUT2D eigenvalue weighted by atomic mass is 9.95. The molecule has 1 aromatic carbocycles. The fourth-order valence-corrected chi connectivity index (χ4v) is 2.49. The van der Waals surface area contributed by atoms with Crippen LogP contribution in [0.25, 0.3) is 5.57 Å². The van der Waals surface area contributed by atoms with E-state index in [9.17, 15) is 14.3 Å². The zero-order valence-electron chi connectivity index (χ0n) is 12.0. The van der Waals surface area contributed by atoms with Crippen molar-refractivity contribution in [2.24, 2.45) is 0 Å². The van der Waals surface area contributed by atoms with Crippen molar-refractivity contribution in [2.75, 3.05) is 26.9 Å². The quantitative estimate of drug-likeness (QED) is 0.616. The molecule has 0 radical (unpaired) electrons. The Kier molecular flexibility index (Phi) is 5.46. The number of carboxylic acid groups (broad SMARTS) is 1. The first-order valence-electron chi connectivity index (χ1n) is 6.71. The highest BCUT2D eigenvalue weighted by Gasteiger charge is 2.25. The van der Waals surface area contributed by atoms with Gasteiger partial charge in [-0.2, -0.15) is 0 Å². The van der Waals surface area contributed by atoms with Crippen LogP contribution in [-0.2, 0) is 9.53 Å². The van der Waals surface area contributed by atoms with E-state index in [1.165, 1.54) is 25.3 Å². The number of carbonyl (C=O) groups is 1. The normalized spacial score (nSPS) is 14.7. The maximum Gasteiger partial charge on any atom is 0.352 e. The Morgan fingerprint density at radius 3 is 2.91 bits per heavy atom. The molecule has 2 N–H and O–H groups in total. The average Bonchev–Trinajstić information content (AvgIpc) is 2.48. The lowest BCUT2D eigenvalue weighted by molar-refractivity contribution is -0.133. The van der Waals surface area contributed by atoms with Gasteiger partial charge in [0.1, 0.15) is 23.9 Å². The Bertz CT molecular complexity index is 630. The number of halogens is 1. The Morgan fingerprint density at radius 2 is 2.23 bits per heavy atom.